The molecule has 4 rings (SSSR count). The third-order valence-electron chi connectivity index (χ3n) is 5.28. The van der Waals surface area contributed by atoms with Gasteiger partial charge >= 0.3 is 0 Å². The van der Waals surface area contributed by atoms with Gasteiger partial charge in [-0.3, -0.25) is 9.69 Å². The molecular weight excluding hydrogens is 350 g/mol. The second kappa shape index (κ2) is 7.83. The largest absolute Gasteiger partial charge is 0.341 e. The van der Waals surface area contributed by atoms with Crippen LogP contribution >= 0.6 is 0 Å². The zero-order chi connectivity index (χ0) is 19.5. The summed E-state index contributed by atoms with van der Waals surface area (Å²) in [4.78, 5) is 23.0. The molecule has 2 N–H and O–H groups in total. The number of aryl methyl sites for hydroxylation is 1. The number of likely N-dealkylation sites (tertiary alicyclic amines) is 1. The molecule has 1 amide bonds. The van der Waals surface area contributed by atoms with E-state index in [9.17, 15) is 4.79 Å². The number of amides is 1. The molecule has 2 aromatic carbocycles. The van der Waals surface area contributed by atoms with Crippen LogP contribution in [0.4, 0.5) is 5.69 Å². The van der Waals surface area contributed by atoms with E-state index in [-0.39, 0.29) is 11.8 Å². The maximum Gasteiger partial charge on any atom is 0.227 e. The van der Waals surface area contributed by atoms with Gasteiger partial charge < -0.3 is 10.3 Å². The molecule has 0 bridgehead atoms. The summed E-state index contributed by atoms with van der Waals surface area (Å²) in [5.41, 5.74) is 4.52. The SMILES string of the molecule is Cc1ccc2nc(CN3CCC(C(=O)Nc4cccc(C#N)c4)CC3)[nH]c2c1. The summed E-state index contributed by atoms with van der Waals surface area (Å²) in [5, 5.41) is 11.9. The predicted molar refractivity (Wildman–Crippen MR) is 109 cm³/mol. The fourth-order valence-electron chi connectivity index (χ4n) is 3.73. The number of hydrogen-bond donors (Lipinski definition) is 2. The number of carbonyl (C=O) groups is 1. The fourth-order valence-corrected chi connectivity index (χ4v) is 3.73. The van der Waals surface area contributed by atoms with Crippen LogP contribution in [0.15, 0.2) is 42.5 Å². The lowest BCUT2D eigenvalue weighted by molar-refractivity contribution is -0.121. The molecule has 1 saturated heterocycles. The van der Waals surface area contributed by atoms with Gasteiger partial charge in [0.15, 0.2) is 0 Å². The van der Waals surface area contributed by atoms with Gasteiger partial charge in [-0.1, -0.05) is 12.1 Å². The Labute approximate surface area is 164 Å². The molecule has 0 unspecified atom stereocenters. The number of H-pyrrole nitrogens is 1. The first-order chi connectivity index (χ1) is 13.6. The number of piperidine rings is 1. The zero-order valence-corrected chi connectivity index (χ0v) is 15.9. The number of benzene rings is 2. The Morgan fingerprint density at radius 1 is 1.29 bits per heavy atom. The van der Waals surface area contributed by atoms with Gasteiger partial charge in [0.05, 0.1) is 29.2 Å². The van der Waals surface area contributed by atoms with Crippen molar-refractivity contribution in [2.75, 3.05) is 18.4 Å². The Kier molecular flexibility index (Phi) is 5.09. The zero-order valence-electron chi connectivity index (χ0n) is 15.9. The van der Waals surface area contributed by atoms with Gasteiger partial charge in [-0.15, -0.1) is 0 Å². The van der Waals surface area contributed by atoms with Crippen molar-refractivity contribution in [1.82, 2.24) is 14.9 Å². The van der Waals surface area contributed by atoms with Crippen LogP contribution in [-0.4, -0.2) is 33.9 Å². The number of imidazole rings is 1. The van der Waals surface area contributed by atoms with E-state index in [1.54, 1.807) is 18.2 Å². The Hall–Kier alpha value is -3.17. The number of rotatable bonds is 4. The van der Waals surface area contributed by atoms with Crippen LogP contribution in [0.25, 0.3) is 11.0 Å². The van der Waals surface area contributed by atoms with Crippen molar-refractivity contribution >= 4 is 22.6 Å². The first-order valence-electron chi connectivity index (χ1n) is 9.59. The average Bonchev–Trinajstić information content (AvgIpc) is 3.10. The number of nitriles is 1. The first-order valence-corrected chi connectivity index (χ1v) is 9.59. The number of fused-ring (bicyclic) bond motifs is 1. The van der Waals surface area contributed by atoms with Crippen LogP contribution in [0.1, 0.15) is 29.8 Å². The van der Waals surface area contributed by atoms with Crippen molar-refractivity contribution in [3.05, 3.63) is 59.4 Å². The van der Waals surface area contributed by atoms with Crippen LogP contribution < -0.4 is 5.32 Å². The fraction of sp³-hybridized carbons (Fsp3) is 0.318. The number of hydrogen-bond acceptors (Lipinski definition) is 4. The van der Waals surface area contributed by atoms with Gasteiger partial charge in [0.1, 0.15) is 5.82 Å². The topological polar surface area (TPSA) is 84.8 Å². The number of anilines is 1. The van der Waals surface area contributed by atoms with Crippen molar-refractivity contribution in [2.24, 2.45) is 5.92 Å². The number of nitrogens with one attached hydrogen (secondary N) is 2. The molecule has 3 aromatic rings. The summed E-state index contributed by atoms with van der Waals surface area (Å²) in [6.45, 7) is 4.58. The number of aromatic nitrogens is 2. The molecule has 1 aliphatic heterocycles. The van der Waals surface area contributed by atoms with E-state index in [1.165, 1.54) is 5.56 Å². The van der Waals surface area contributed by atoms with E-state index in [1.807, 2.05) is 12.1 Å². The molecule has 0 aliphatic carbocycles. The summed E-state index contributed by atoms with van der Waals surface area (Å²) in [6.07, 6.45) is 1.65. The van der Waals surface area contributed by atoms with Crippen LogP contribution in [0.2, 0.25) is 0 Å². The third-order valence-corrected chi connectivity index (χ3v) is 5.28. The molecule has 2 heterocycles. The van der Waals surface area contributed by atoms with Crippen LogP contribution in [0.5, 0.6) is 0 Å². The third kappa shape index (κ3) is 4.05. The van der Waals surface area contributed by atoms with Crippen molar-refractivity contribution in [1.29, 1.82) is 5.26 Å². The highest BCUT2D eigenvalue weighted by Crippen LogP contribution is 2.22. The van der Waals surface area contributed by atoms with Gasteiger partial charge in [0.2, 0.25) is 5.91 Å². The molecule has 1 fully saturated rings. The Morgan fingerprint density at radius 2 is 2.11 bits per heavy atom. The van der Waals surface area contributed by atoms with Gasteiger partial charge in [-0.2, -0.15) is 5.26 Å². The molecular formula is C22H23N5O. The molecule has 1 aliphatic rings. The molecule has 0 saturated carbocycles. The minimum atomic E-state index is 0.000291. The minimum absolute atomic E-state index is 0.000291. The summed E-state index contributed by atoms with van der Waals surface area (Å²) < 4.78 is 0. The van der Waals surface area contributed by atoms with E-state index in [4.69, 9.17) is 5.26 Å². The van der Waals surface area contributed by atoms with Gasteiger partial charge in [0.25, 0.3) is 0 Å². The van der Waals surface area contributed by atoms with Crippen LogP contribution in [-0.2, 0) is 11.3 Å². The number of carbonyl (C=O) groups excluding carboxylic acids is 1. The summed E-state index contributed by atoms with van der Waals surface area (Å²) in [6, 6.07) is 15.4. The number of aromatic amines is 1. The van der Waals surface area contributed by atoms with E-state index >= 15 is 0 Å². The van der Waals surface area contributed by atoms with Crippen LogP contribution in [0.3, 0.4) is 0 Å². The second-order valence-electron chi connectivity index (χ2n) is 7.44. The summed E-state index contributed by atoms with van der Waals surface area (Å²) >= 11 is 0. The minimum Gasteiger partial charge on any atom is -0.341 e. The van der Waals surface area contributed by atoms with Gasteiger partial charge in [-0.25, -0.2) is 4.98 Å². The smallest absolute Gasteiger partial charge is 0.227 e. The van der Waals surface area contributed by atoms with Crippen molar-refractivity contribution < 1.29 is 4.79 Å². The van der Waals surface area contributed by atoms with Crippen molar-refractivity contribution in [3.8, 4) is 6.07 Å². The molecule has 0 radical (unpaired) electrons. The van der Waals surface area contributed by atoms with E-state index < -0.39 is 0 Å². The van der Waals surface area contributed by atoms with Gasteiger partial charge in [0, 0.05) is 11.6 Å². The molecule has 6 heteroatoms. The Balaban J connectivity index is 1.32. The Morgan fingerprint density at radius 3 is 2.89 bits per heavy atom. The molecule has 0 atom stereocenters. The van der Waals surface area contributed by atoms with E-state index in [2.05, 4.69) is 45.3 Å². The first kappa shape index (κ1) is 18.2. The van der Waals surface area contributed by atoms with E-state index in [0.717, 1.165) is 49.3 Å². The highest BCUT2D eigenvalue weighted by atomic mass is 16.1. The quantitative estimate of drug-likeness (QED) is 0.732. The monoisotopic (exact) mass is 373 g/mol. The predicted octanol–water partition coefficient (Wildman–Crippen LogP) is 3.59. The molecule has 142 valence electrons. The lowest BCUT2D eigenvalue weighted by Crippen LogP contribution is -2.38. The molecule has 1 aromatic heterocycles. The number of nitrogens with zero attached hydrogens (tertiary/aromatic N) is 3. The van der Waals surface area contributed by atoms with Crippen LogP contribution in [0, 0.1) is 24.2 Å². The molecule has 6 nitrogen and oxygen atoms in total. The van der Waals surface area contributed by atoms with Crippen molar-refractivity contribution in [2.45, 2.75) is 26.3 Å². The highest BCUT2D eigenvalue weighted by molar-refractivity contribution is 5.92. The maximum atomic E-state index is 12.6. The average molecular weight is 373 g/mol. The maximum absolute atomic E-state index is 12.6. The standard InChI is InChI=1S/C22H23N5O/c1-15-5-6-19-20(11-15)26-21(25-19)14-27-9-7-17(8-10-27)22(28)24-18-4-2-3-16(12-18)13-23/h2-6,11-12,17H,7-10,14H2,1H3,(H,24,28)(H,25,26). The van der Waals surface area contributed by atoms with Crippen molar-refractivity contribution in [3.63, 3.8) is 0 Å². The lowest BCUT2D eigenvalue weighted by Gasteiger charge is -2.30. The summed E-state index contributed by atoms with van der Waals surface area (Å²) in [7, 11) is 0. The van der Waals surface area contributed by atoms with Gasteiger partial charge in [-0.05, 0) is 68.8 Å². The summed E-state index contributed by atoms with van der Waals surface area (Å²) in [5.74, 6) is 1.01. The molecule has 0 spiro atoms. The molecule has 28 heavy (non-hydrogen) atoms. The highest BCUT2D eigenvalue weighted by Gasteiger charge is 2.25. The van der Waals surface area contributed by atoms with E-state index in [0.29, 0.717) is 11.3 Å². The normalized spacial score (nSPS) is 15.4. The Bertz CT molecular complexity index is 1040. The second-order valence-corrected chi connectivity index (χ2v) is 7.44. The lowest BCUT2D eigenvalue weighted by atomic mass is 9.95.